The zero-order valence-corrected chi connectivity index (χ0v) is 17.3. The van der Waals surface area contributed by atoms with Crippen molar-refractivity contribution in [2.24, 2.45) is 0 Å². The summed E-state index contributed by atoms with van der Waals surface area (Å²) in [5.74, 6) is -0.0593. The van der Waals surface area contributed by atoms with Gasteiger partial charge in [-0.2, -0.15) is 0 Å². The van der Waals surface area contributed by atoms with Crippen molar-refractivity contribution in [1.29, 1.82) is 0 Å². The van der Waals surface area contributed by atoms with Gasteiger partial charge in [-0.1, -0.05) is 63.4 Å². The third-order valence-electron chi connectivity index (χ3n) is 4.68. The van der Waals surface area contributed by atoms with Crippen LogP contribution in [0, 0.1) is 6.92 Å². The molecule has 0 aliphatic carbocycles. The largest absolute Gasteiger partial charge is 0.466 e. The maximum absolute atomic E-state index is 10.7. The molecule has 0 amide bonds. The van der Waals surface area contributed by atoms with Gasteiger partial charge in [0.15, 0.2) is 0 Å². The zero-order valence-electron chi connectivity index (χ0n) is 17.3. The number of nitrogens with one attached hydrogen (secondary N) is 1. The zero-order chi connectivity index (χ0) is 19.4. The summed E-state index contributed by atoms with van der Waals surface area (Å²) in [4.78, 5) is 10.7. The number of ether oxygens (including phenoxy) is 2. The Hall–Kier alpha value is -1.39. The molecule has 1 aromatic carbocycles. The maximum Gasteiger partial charge on any atom is 0.305 e. The molecule has 2 fully saturated rings. The van der Waals surface area contributed by atoms with Gasteiger partial charge in [0.1, 0.15) is 5.60 Å². The third kappa shape index (κ3) is 6.73. The summed E-state index contributed by atoms with van der Waals surface area (Å²) in [6, 6.07) is 9.31. The lowest BCUT2D eigenvalue weighted by Crippen LogP contribution is -2.37. The first-order chi connectivity index (χ1) is 12.6. The number of hydrogen-bond donors (Lipinski definition) is 1. The monoisotopic (exact) mass is 363 g/mol. The second-order valence-electron chi connectivity index (χ2n) is 6.72. The standard InChI is InChI=1S/C12H15NO.C8H16O2.C2H6/c1-9-2-4-10(5-3-9)12-6-11(7-14-12)13-8-12;1-3-5-6-7-8(9)10-4-2;1-2/h2-5,11,13H,6-8H2,1H3;3-7H2,1-2H3;1-2H3. The van der Waals surface area contributed by atoms with E-state index >= 15 is 0 Å². The molecule has 1 aromatic rings. The fraction of sp³-hybridized carbons (Fsp3) is 0.682. The Morgan fingerprint density at radius 3 is 2.38 bits per heavy atom. The van der Waals surface area contributed by atoms with Crippen molar-refractivity contribution in [3.8, 4) is 0 Å². The number of morpholine rings is 1. The highest BCUT2D eigenvalue weighted by atomic mass is 16.5. The van der Waals surface area contributed by atoms with Crippen LogP contribution >= 0.6 is 0 Å². The Labute approximate surface area is 159 Å². The Kier molecular flexibility index (Phi) is 10.5. The molecule has 2 unspecified atom stereocenters. The Bertz CT molecular complexity index is 505. The van der Waals surface area contributed by atoms with E-state index in [-0.39, 0.29) is 11.6 Å². The maximum atomic E-state index is 10.7. The predicted molar refractivity (Wildman–Crippen MR) is 107 cm³/mol. The van der Waals surface area contributed by atoms with Gasteiger partial charge in [0.25, 0.3) is 0 Å². The van der Waals surface area contributed by atoms with E-state index in [1.807, 2.05) is 20.8 Å². The number of unbranched alkanes of at least 4 members (excludes halogenated alkanes) is 2. The average molecular weight is 364 g/mol. The van der Waals surface area contributed by atoms with E-state index in [9.17, 15) is 4.79 Å². The van der Waals surface area contributed by atoms with Gasteiger partial charge >= 0.3 is 5.97 Å². The molecule has 2 saturated heterocycles. The minimum Gasteiger partial charge on any atom is -0.466 e. The summed E-state index contributed by atoms with van der Waals surface area (Å²) in [5, 5.41) is 3.48. The van der Waals surface area contributed by atoms with E-state index in [0.29, 0.717) is 19.1 Å². The normalized spacial score (nSPS) is 22.7. The van der Waals surface area contributed by atoms with Gasteiger partial charge in [-0.15, -0.1) is 0 Å². The van der Waals surface area contributed by atoms with Crippen molar-refractivity contribution in [3.05, 3.63) is 35.4 Å². The van der Waals surface area contributed by atoms with E-state index in [1.165, 1.54) is 11.1 Å². The summed E-state index contributed by atoms with van der Waals surface area (Å²) in [6.45, 7) is 12.4. The van der Waals surface area contributed by atoms with E-state index in [1.54, 1.807) is 0 Å². The minimum absolute atomic E-state index is 0.0155. The van der Waals surface area contributed by atoms with Gasteiger partial charge in [-0.3, -0.25) is 4.79 Å². The molecule has 2 atom stereocenters. The van der Waals surface area contributed by atoms with Gasteiger partial charge in [-0.05, 0) is 32.3 Å². The summed E-state index contributed by atoms with van der Waals surface area (Å²) < 4.78 is 10.7. The second kappa shape index (κ2) is 12.1. The quantitative estimate of drug-likeness (QED) is 0.586. The number of rotatable bonds is 6. The average Bonchev–Trinajstić information content (AvgIpc) is 3.27. The molecule has 26 heavy (non-hydrogen) atoms. The van der Waals surface area contributed by atoms with Gasteiger partial charge in [0.05, 0.1) is 13.2 Å². The Morgan fingerprint density at radius 2 is 1.92 bits per heavy atom. The van der Waals surface area contributed by atoms with E-state index < -0.39 is 0 Å². The number of hydrogen-bond acceptors (Lipinski definition) is 4. The Balaban J connectivity index is 0.000000252. The predicted octanol–water partition coefficient (Wildman–Crippen LogP) is 4.74. The van der Waals surface area contributed by atoms with Crippen molar-refractivity contribution in [3.63, 3.8) is 0 Å². The van der Waals surface area contributed by atoms with E-state index in [4.69, 9.17) is 9.47 Å². The van der Waals surface area contributed by atoms with Crippen LogP contribution in [0.3, 0.4) is 0 Å². The van der Waals surface area contributed by atoms with Crippen molar-refractivity contribution >= 4 is 5.97 Å². The molecule has 0 radical (unpaired) electrons. The van der Waals surface area contributed by atoms with Crippen LogP contribution in [-0.4, -0.2) is 31.8 Å². The molecule has 2 aliphatic heterocycles. The van der Waals surface area contributed by atoms with Crippen LogP contribution in [0.5, 0.6) is 0 Å². The molecule has 2 heterocycles. The van der Waals surface area contributed by atoms with Crippen LogP contribution in [0.2, 0.25) is 0 Å². The fourth-order valence-electron chi connectivity index (χ4n) is 3.25. The molecular formula is C22H37NO3. The third-order valence-corrected chi connectivity index (χ3v) is 4.68. The number of esters is 1. The van der Waals surface area contributed by atoms with E-state index in [2.05, 4.69) is 43.4 Å². The first-order valence-electron chi connectivity index (χ1n) is 10.2. The molecule has 148 valence electrons. The summed E-state index contributed by atoms with van der Waals surface area (Å²) in [6.07, 6.45) is 4.96. The smallest absolute Gasteiger partial charge is 0.305 e. The highest BCUT2D eigenvalue weighted by Crippen LogP contribution is 2.40. The van der Waals surface area contributed by atoms with Gasteiger partial charge in [-0.25, -0.2) is 0 Å². The van der Waals surface area contributed by atoms with Crippen molar-refractivity contribution in [2.45, 2.75) is 78.4 Å². The van der Waals surface area contributed by atoms with Crippen LogP contribution in [-0.2, 0) is 19.9 Å². The molecule has 0 saturated carbocycles. The fourth-order valence-corrected chi connectivity index (χ4v) is 3.25. The summed E-state index contributed by atoms with van der Waals surface area (Å²) in [7, 11) is 0. The van der Waals surface area contributed by atoms with Crippen molar-refractivity contribution in [2.75, 3.05) is 19.8 Å². The summed E-state index contributed by atoms with van der Waals surface area (Å²) in [5.41, 5.74) is 2.62. The SMILES string of the molecule is CC.CCCCCC(=O)OCC.Cc1ccc(C23CNC(CO2)C3)cc1. The molecule has 2 bridgehead atoms. The molecule has 2 aliphatic rings. The molecule has 1 N–H and O–H groups in total. The lowest BCUT2D eigenvalue weighted by molar-refractivity contribution is -0.143. The second-order valence-corrected chi connectivity index (χ2v) is 6.72. The molecule has 0 spiro atoms. The van der Waals surface area contributed by atoms with Gasteiger partial charge < -0.3 is 14.8 Å². The number of carbonyl (C=O) groups excluding carboxylic acids is 1. The highest BCUT2D eigenvalue weighted by molar-refractivity contribution is 5.69. The number of benzene rings is 1. The van der Waals surface area contributed by atoms with Crippen LogP contribution in [0.1, 0.15) is 70.9 Å². The molecule has 3 rings (SSSR count). The minimum atomic E-state index is -0.0593. The highest BCUT2D eigenvalue weighted by Gasteiger charge is 2.47. The number of fused-ring (bicyclic) bond motifs is 2. The lowest BCUT2D eigenvalue weighted by Gasteiger charge is -2.27. The Morgan fingerprint density at radius 1 is 1.23 bits per heavy atom. The van der Waals surface area contributed by atoms with Crippen LogP contribution in [0.4, 0.5) is 0 Å². The van der Waals surface area contributed by atoms with Crippen LogP contribution in [0.25, 0.3) is 0 Å². The summed E-state index contributed by atoms with van der Waals surface area (Å²) >= 11 is 0. The first kappa shape index (κ1) is 22.7. The molecule has 0 aromatic heterocycles. The number of carbonyl (C=O) groups is 1. The van der Waals surface area contributed by atoms with Crippen molar-refractivity contribution < 1.29 is 14.3 Å². The molecule has 4 nitrogen and oxygen atoms in total. The van der Waals surface area contributed by atoms with Gasteiger partial charge in [0, 0.05) is 19.0 Å². The lowest BCUT2D eigenvalue weighted by atomic mass is 9.92. The molecule has 4 heteroatoms. The van der Waals surface area contributed by atoms with Gasteiger partial charge in [0.2, 0.25) is 0 Å². The topological polar surface area (TPSA) is 47.6 Å². The van der Waals surface area contributed by atoms with Crippen LogP contribution < -0.4 is 5.32 Å². The van der Waals surface area contributed by atoms with Crippen LogP contribution in [0.15, 0.2) is 24.3 Å². The van der Waals surface area contributed by atoms with Crippen molar-refractivity contribution in [1.82, 2.24) is 5.32 Å². The number of aryl methyl sites for hydroxylation is 1. The molecular weight excluding hydrogens is 326 g/mol. The first-order valence-corrected chi connectivity index (χ1v) is 10.2. The van der Waals surface area contributed by atoms with E-state index in [0.717, 1.165) is 38.8 Å².